The second-order valence-corrected chi connectivity index (χ2v) is 6.70. The molecule has 0 saturated carbocycles. The minimum atomic E-state index is -0.308. The molecule has 2 heterocycles. The number of primary amides is 1. The molecule has 1 aliphatic rings. The molecule has 0 unspecified atom stereocenters. The van der Waals surface area contributed by atoms with Gasteiger partial charge in [0.1, 0.15) is 4.88 Å². The molecule has 0 spiro atoms. The summed E-state index contributed by atoms with van der Waals surface area (Å²) < 4.78 is 0. The number of hydrogen-bond acceptors (Lipinski definition) is 4. The van der Waals surface area contributed by atoms with Crippen LogP contribution in [0.5, 0.6) is 0 Å². The monoisotopic (exact) mass is 309 g/mol. The van der Waals surface area contributed by atoms with Crippen molar-refractivity contribution in [3.8, 4) is 0 Å². The molecule has 2 amide bonds. The van der Waals surface area contributed by atoms with Gasteiger partial charge in [0.2, 0.25) is 5.91 Å². The van der Waals surface area contributed by atoms with Crippen LogP contribution in [-0.4, -0.2) is 34.8 Å². The number of thiazole rings is 1. The predicted octanol–water partition coefficient (Wildman–Crippen LogP) is 2.13. The first-order chi connectivity index (χ1) is 10.0. The van der Waals surface area contributed by atoms with Gasteiger partial charge in [-0.3, -0.25) is 9.59 Å². The van der Waals surface area contributed by atoms with Gasteiger partial charge in [-0.2, -0.15) is 0 Å². The molecule has 5 nitrogen and oxygen atoms in total. The number of carbonyl (C=O) groups excluding carboxylic acids is 2. The van der Waals surface area contributed by atoms with Crippen LogP contribution < -0.4 is 5.73 Å². The van der Waals surface area contributed by atoms with Crippen LogP contribution in [0.15, 0.2) is 0 Å². The Balaban J connectivity index is 2.08. The molecule has 0 aliphatic carbocycles. The number of hydrogen-bond donors (Lipinski definition) is 1. The Kier molecular flexibility index (Phi) is 5.33. The highest BCUT2D eigenvalue weighted by Crippen LogP contribution is 2.24. The quantitative estimate of drug-likeness (QED) is 0.905. The van der Waals surface area contributed by atoms with Crippen LogP contribution in [0.25, 0.3) is 0 Å². The van der Waals surface area contributed by atoms with E-state index in [2.05, 4.69) is 11.9 Å². The number of likely N-dealkylation sites (tertiary alicyclic amines) is 1. The summed E-state index contributed by atoms with van der Waals surface area (Å²) in [6.07, 6.45) is 4.75. The number of rotatable bonds is 5. The molecule has 1 aliphatic heterocycles. The highest BCUT2D eigenvalue weighted by atomic mass is 32.1. The Hall–Kier alpha value is -1.43. The predicted molar refractivity (Wildman–Crippen MR) is 83.3 cm³/mol. The second-order valence-electron chi connectivity index (χ2n) is 5.62. The number of nitrogens with two attached hydrogens (primary N) is 1. The Morgan fingerprint density at radius 3 is 2.90 bits per heavy atom. The van der Waals surface area contributed by atoms with Crippen LogP contribution in [0, 0.1) is 12.8 Å². The summed E-state index contributed by atoms with van der Waals surface area (Å²) in [7, 11) is 0. The van der Waals surface area contributed by atoms with Crippen molar-refractivity contribution in [2.24, 2.45) is 11.7 Å². The van der Waals surface area contributed by atoms with Gasteiger partial charge in [0.15, 0.2) is 0 Å². The first-order valence-electron chi connectivity index (χ1n) is 7.57. The lowest BCUT2D eigenvalue weighted by Gasteiger charge is -2.30. The van der Waals surface area contributed by atoms with E-state index in [0.29, 0.717) is 18.0 Å². The average molecular weight is 309 g/mol. The van der Waals surface area contributed by atoms with Crippen LogP contribution >= 0.6 is 11.3 Å². The van der Waals surface area contributed by atoms with Gasteiger partial charge in [-0.1, -0.05) is 13.3 Å². The standard InChI is InChI=1S/C15H23N3O2S/c1-3-4-7-12-17-10(2)13(21-12)15(20)18-8-5-6-11(9-18)14(16)19/h11H,3-9H2,1-2H3,(H2,16,19)/t11-/m1/s1. The lowest BCUT2D eigenvalue weighted by molar-refractivity contribution is -0.123. The van der Waals surface area contributed by atoms with Crippen LogP contribution in [0.1, 0.15) is 53.0 Å². The van der Waals surface area contributed by atoms with Crippen molar-refractivity contribution in [1.29, 1.82) is 0 Å². The van der Waals surface area contributed by atoms with Crippen molar-refractivity contribution in [3.05, 3.63) is 15.6 Å². The van der Waals surface area contributed by atoms with E-state index in [0.717, 1.165) is 42.8 Å². The number of unbranched alkanes of at least 4 members (excludes halogenated alkanes) is 1. The zero-order valence-electron chi connectivity index (χ0n) is 12.7. The molecule has 1 fully saturated rings. The van der Waals surface area contributed by atoms with Crippen molar-refractivity contribution in [1.82, 2.24) is 9.88 Å². The van der Waals surface area contributed by atoms with Crippen LogP contribution in [-0.2, 0) is 11.2 Å². The maximum atomic E-state index is 12.6. The molecule has 0 radical (unpaired) electrons. The third kappa shape index (κ3) is 3.81. The molecule has 2 rings (SSSR count). The molecule has 1 saturated heterocycles. The summed E-state index contributed by atoms with van der Waals surface area (Å²) in [4.78, 5) is 30.9. The van der Waals surface area contributed by atoms with E-state index in [9.17, 15) is 9.59 Å². The third-order valence-corrected chi connectivity index (χ3v) is 5.10. The molecule has 2 N–H and O–H groups in total. The van der Waals surface area contributed by atoms with E-state index in [1.54, 1.807) is 4.90 Å². The molecule has 1 aromatic rings. The van der Waals surface area contributed by atoms with E-state index < -0.39 is 0 Å². The summed E-state index contributed by atoms with van der Waals surface area (Å²) in [6.45, 7) is 5.17. The maximum Gasteiger partial charge on any atom is 0.265 e. The topological polar surface area (TPSA) is 76.3 Å². The summed E-state index contributed by atoms with van der Waals surface area (Å²) >= 11 is 1.49. The molecule has 0 bridgehead atoms. The van der Waals surface area contributed by atoms with Crippen LogP contribution in [0.2, 0.25) is 0 Å². The molecule has 21 heavy (non-hydrogen) atoms. The summed E-state index contributed by atoms with van der Waals surface area (Å²) in [5.74, 6) is -0.522. The van der Waals surface area contributed by atoms with Gasteiger partial charge in [-0.25, -0.2) is 4.98 Å². The Labute approximate surface area is 129 Å². The number of nitrogens with zero attached hydrogens (tertiary/aromatic N) is 2. The van der Waals surface area contributed by atoms with Crippen molar-refractivity contribution in [2.75, 3.05) is 13.1 Å². The lowest BCUT2D eigenvalue weighted by Crippen LogP contribution is -2.44. The van der Waals surface area contributed by atoms with Gasteiger partial charge in [0.25, 0.3) is 5.91 Å². The summed E-state index contributed by atoms with van der Waals surface area (Å²) in [5, 5.41) is 1.03. The van der Waals surface area contributed by atoms with Crippen molar-refractivity contribution in [3.63, 3.8) is 0 Å². The van der Waals surface area contributed by atoms with Gasteiger partial charge in [0.05, 0.1) is 16.6 Å². The molecule has 116 valence electrons. The minimum absolute atomic E-state index is 0.00121. The maximum absolute atomic E-state index is 12.6. The van der Waals surface area contributed by atoms with E-state index in [1.807, 2.05) is 6.92 Å². The van der Waals surface area contributed by atoms with Crippen LogP contribution in [0.4, 0.5) is 0 Å². The zero-order valence-corrected chi connectivity index (χ0v) is 13.5. The third-order valence-electron chi connectivity index (χ3n) is 3.89. The zero-order chi connectivity index (χ0) is 15.4. The number of aromatic nitrogens is 1. The van der Waals surface area contributed by atoms with Gasteiger partial charge >= 0.3 is 0 Å². The Morgan fingerprint density at radius 2 is 2.24 bits per heavy atom. The Morgan fingerprint density at radius 1 is 1.48 bits per heavy atom. The van der Waals surface area contributed by atoms with E-state index in [1.165, 1.54) is 11.3 Å². The molecule has 1 atom stereocenters. The van der Waals surface area contributed by atoms with Crippen molar-refractivity contribution in [2.45, 2.75) is 46.0 Å². The fraction of sp³-hybridized carbons (Fsp3) is 0.667. The van der Waals surface area contributed by atoms with E-state index in [4.69, 9.17) is 5.73 Å². The molecular weight excluding hydrogens is 286 g/mol. The molecular formula is C15H23N3O2S. The molecule has 6 heteroatoms. The minimum Gasteiger partial charge on any atom is -0.369 e. The first kappa shape index (κ1) is 15.9. The SMILES string of the molecule is CCCCc1nc(C)c(C(=O)N2CCC[C@@H](C(N)=O)C2)s1. The van der Waals surface area contributed by atoms with Crippen LogP contribution in [0.3, 0.4) is 0 Å². The lowest BCUT2D eigenvalue weighted by atomic mass is 9.97. The van der Waals surface area contributed by atoms with Gasteiger partial charge in [0, 0.05) is 13.1 Å². The van der Waals surface area contributed by atoms with Gasteiger partial charge in [-0.05, 0) is 32.6 Å². The summed E-state index contributed by atoms with van der Waals surface area (Å²) in [5.41, 5.74) is 6.17. The van der Waals surface area contributed by atoms with Gasteiger partial charge < -0.3 is 10.6 Å². The Bertz CT molecular complexity index is 527. The summed E-state index contributed by atoms with van der Waals surface area (Å²) in [6, 6.07) is 0. The fourth-order valence-electron chi connectivity index (χ4n) is 2.62. The normalized spacial score (nSPS) is 18.8. The average Bonchev–Trinajstić information content (AvgIpc) is 2.85. The van der Waals surface area contributed by atoms with E-state index in [-0.39, 0.29) is 17.7 Å². The van der Waals surface area contributed by atoms with Crippen molar-refractivity contribution >= 4 is 23.2 Å². The first-order valence-corrected chi connectivity index (χ1v) is 8.39. The molecule has 1 aromatic heterocycles. The van der Waals surface area contributed by atoms with Gasteiger partial charge in [-0.15, -0.1) is 11.3 Å². The number of aryl methyl sites for hydroxylation is 2. The number of piperidine rings is 1. The molecule has 0 aromatic carbocycles. The number of amides is 2. The largest absolute Gasteiger partial charge is 0.369 e. The highest BCUT2D eigenvalue weighted by molar-refractivity contribution is 7.13. The number of carbonyl (C=O) groups is 2. The van der Waals surface area contributed by atoms with Crippen molar-refractivity contribution < 1.29 is 9.59 Å². The fourth-order valence-corrected chi connectivity index (χ4v) is 3.70. The van der Waals surface area contributed by atoms with E-state index >= 15 is 0 Å². The second kappa shape index (κ2) is 7.02. The highest BCUT2D eigenvalue weighted by Gasteiger charge is 2.29. The smallest absolute Gasteiger partial charge is 0.265 e.